The Hall–Kier alpha value is -1.53. The van der Waals surface area contributed by atoms with Gasteiger partial charge in [-0.15, -0.1) is 0 Å². The van der Waals surface area contributed by atoms with Crippen LogP contribution in [0.5, 0.6) is 0 Å². The highest BCUT2D eigenvalue weighted by atomic mass is 16.4. The third-order valence-corrected chi connectivity index (χ3v) is 5.03. The molecule has 1 unspecified atom stereocenters. The van der Waals surface area contributed by atoms with E-state index in [1.807, 2.05) is 0 Å². The van der Waals surface area contributed by atoms with Crippen molar-refractivity contribution in [2.24, 2.45) is 0 Å². The summed E-state index contributed by atoms with van der Waals surface area (Å²) in [5, 5.41) is 15.6. The van der Waals surface area contributed by atoms with Crippen molar-refractivity contribution in [2.45, 2.75) is 56.7 Å². The summed E-state index contributed by atoms with van der Waals surface area (Å²) in [5.74, 6) is 0.468. The number of nitrogens with one attached hydrogen (secondary N) is 2. The van der Waals surface area contributed by atoms with Gasteiger partial charge in [0.1, 0.15) is 11.9 Å². The van der Waals surface area contributed by atoms with Crippen LogP contribution in [-0.4, -0.2) is 47.8 Å². The van der Waals surface area contributed by atoms with Gasteiger partial charge in [0.05, 0.1) is 12.8 Å². The monoisotopic (exact) mass is 321 g/mol. The lowest BCUT2D eigenvalue weighted by atomic mass is 10.0. The van der Waals surface area contributed by atoms with E-state index in [0.717, 1.165) is 32.0 Å². The number of furan rings is 1. The highest BCUT2D eigenvalue weighted by molar-refractivity contribution is 5.74. The average Bonchev–Trinajstić information content (AvgIpc) is 3.26. The van der Waals surface area contributed by atoms with Gasteiger partial charge in [-0.1, -0.05) is 12.8 Å². The Kier molecular flexibility index (Phi) is 5.56. The fourth-order valence-corrected chi connectivity index (χ4v) is 3.69. The molecule has 0 bridgehead atoms. The van der Waals surface area contributed by atoms with E-state index in [0.29, 0.717) is 5.76 Å². The van der Waals surface area contributed by atoms with E-state index in [9.17, 15) is 9.90 Å². The Labute approximate surface area is 137 Å². The predicted octanol–water partition coefficient (Wildman–Crippen LogP) is 2.02. The zero-order chi connectivity index (χ0) is 16.1. The first-order chi connectivity index (χ1) is 11.2. The third kappa shape index (κ3) is 4.48. The molecular formula is C17H27N3O3. The van der Waals surface area contributed by atoms with Crippen molar-refractivity contribution in [1.29, 1.82) is 0 Å². The molecule has 6 heteroatoms. The number of rotatable bonds is 5. The first kappa shape index (κ1) is 16.3. The molecule has 128 valence electrons. The number of piperidine rings is 1. The second-order valence-corrected chi connectivity index (χ2v) is 6.63. The Morgan fingerprint density at radius 1 is 1.30 bits per heavy atom. The van der Waals surface area contributed by atoms with E-state index in [1.165, 1.54) is 31.9 Å². The molecule has 1 aromatic heterocycles. The van der Waals surface area contributed by atoms with E-state index in [4.69, 9.17) is 4.42 Å². The largest absolute Gasteiger partial charge is 0.467 e. The zero-order valence-electron chi connectivity index (χ0n) is 13.5. The van der Waals surface area contributed by atoms with Crippen LogP contribution in [0, 0.1) is 0 Å². The van der Waals surface area contributed by atoms with Gasteiger partial charge < -0.3 is 25.1 Å². The minimum absolute atomic E-state index is 0.153. The molecule has 1 atom stereocenters. The normalized spacial score (nSPS) is 22.1. The third-order valence-electron chi connectivity index (χ3n) is 5.03. The highest BCUT2D eigenvalue weighted by Gasteiger charge is 2.27. The first-order valence-corrected chi connectivity index (χ1v) is 8.72. The molecule has 3 rings (SSSR count). The maximum Gasteiger partial charge on any atom is 0.315 e. The maximum absolute atomic E-state index is 11.9. The SMILES string of the molecule is O=C(NCC(O)c1ccco1)NC1CCN(C2CCCC2)CC1. The number of nitrogens with zero attached hydrogens (tertiary/aromatic N) is 1. The molecule has 3 N–H and O–H groups in total. The van der Waals surface area contributed by atoms with Crippen molar-refractivity contribution >= 4 is 6.03 Å². The van der Waals surface area contributed by atoms with Gasteiger partial charge in [0.15, 0.2) is 0 Å². The molecule has 1 saturated heterocycles. The van der Waals surface area contributed by atoms with Crippen LogP contribution < -0.4 is 10.6 Å². The topological polar surface area (TPSA) is 77.7 Å². The van der Waals surface area contributed by atoms with Crippen molar-refractivity contribution in [1.82, 2.24) is 15.5 Å². The second-order valence-electron chi connectivity index (χ2n) is 6.63. The molecule has 1 saturated carbocycles. The van der Waals surface area contributed by atoms with Crippen LogP contribution in [0.3, 0.4) is 0 Å². The molecule has 1 aliphatic heterocycles. The number of aliphatic hydroxyl groups excluding tert-OH is 1. The first-order valence-electron chi connectivity index (χ1n) is 8.72. The van der Waals surface area contributed by atoms with Gasteiger partial charge in [0.25, 0.3) is 0 Å². The van der Waals surface area contributed by atoms with Crippen LogP contribution in [0.4, 0.5) is 4.79 Å². The number of carbonyl (C=O) groups excluding carboxylic acids is 1. The smallest absolute Gasteiger partial charge is 0.315 e. The molecule has 2 aliphatic rings. The van der Waals surface area contributed by atoms with Crippen molar-refractivity contribution < 1.29 is 14.3 Å². The van der Waals surface area contributed by atoms with Crippen LogP contribution in [0.2, 0.25) is 0 Å². The quantitative estimate of drug-likeness (QED) is 0.775. The molecule has 2 fully saturated rings. The van der Waals surface area contributed by atoms with Crippen molar-refractivity contribution in [2.75, 3.05) is 19.6 Å². The Balaban J connectivity index is 1.34. The molecule has 0 aromatic carbocycles. The van der Waals surface area contributed by atoms with Gasteiger partial charge in [-0.2, -0.15) is 0 Å². The second kappa shape index (κ2) is 7.84. The molecule has 1 aliphatic carbocycles. The Morgan fingerprint density at radius 2 is 2.04 bits per heavy atom. The molecular weight excluding hydrogens is 294 g/mol. The minimum Gasteiger partial charge on any atom is -0.467 e. The van der Waals surface area contributed by atoms with Crippen LogP contribution in [-0.2, 0) is 0 Å². The molecule has 6 nitrogen and oxygen atoms in total. The van der Waals surface area contributed by atoms with Gasteiger partial charge >= 0.3 is 6.03 Å². The molecule has 2 amide bonds. The standard InChI is InChI=1S/C17H27N3O3/c21-15(16-6-3-11-23-16)12-18-17(22)19-13-7-9-20(10-8-13)14-4-1-2-5-14/h3,6,11,13-15,21H,1-2,4-5,7-10,12H2,(H2,18,19,22). The number of urea groups is 1. The summed E-state index contributed by atoms with van der Waals surface area (Å²) in [4.78, 5) is 14.5. The molecule has 1 aromatic rings. The number of hydrogen-bond donors (Lipinski definition) is 3. The van der Waals surface area contributed by atoms with Crippen LogP contribution >= 0.6 is 0 Å². The van der Waals surface area contributed by atoms with Crippen LogP contribution in [0.1, 0.15) is 50.4 Å². The van der Waals surface area contributed by atoms with Crippen molar-refractivity contribution in [3.8, 4) is 0 Å². The molecule has 2 heterocycles. The number of amides is 2. The summed E-state index contributed by atoms with van der Waals surface area (Å²) in [5.41, 5.74) is 0. The summed E-state index contributed by atoms with van der Waals surface area (Å²) >= 11 is 0. The van der Waals surface area contributed by atoms with E-state index in [-0.39, 0.29) is 18.6 Å². The zero-order valence-corrected chi connectivity index (χ0v) is 13.5. The van der Waals surface area contributed by atoms with Crippen LogP contribution in [0.15, 0.2) is 22.8 Å². The van der Waals surface area contributed by atoms with E-state index < -0.39 is 6.10 Å². The fraction of sp³-hybridized carbons (Fsp3) is 0.706. The average molecular weight is 321 g/mol. The summed E-state index contributed by atoms with van der Waals surface area (Å²) in [7, 11) is 0. The van der Waals surface area contributed by atoms with Crippen molar-refractivity contribution in [3.63, 3.8) is 0 Å². The van der Waals surface area contributed by atoms with E-state index in [1.54, 1.807) is 12.1 Å². The van der Waals surface area contributed by atoms with E-state index >= 15 is 0 Å². The Morgan fingerprint density at radius 3 is 2.70 bits per heavy atom. The Bertz CT molecular complexity index is 477. The maximum atomic E-state index is 11.9. The summed E-state index contributed by atoms with van der Waals surface area (Å²) in [6, 6.07) is 4.20. The number of hydrogen-bond acceptors (Lipinski definition) is 4. The van der Waals surface area contributed by atoms with Gasteiger partial charge in [-0.3, -0.25) is 0 Å². The number of aliphatic hydroxyl groups is 1. The summed E-state index contributed by atoms with van der Waals surface area (Å²) in [6.07, 6.45) is 8.12. The molecule has 0 radical (unpaired) electrons. The summed E-state index contributed by atoms with van der Waals surface area (Å²) in [6.45, 7) is 2.30. The summed E-state index contributed by atoms with van der Waals surface area (Å²) < 4.78 is 5.11. The number of carbonyl (C=O) groups is 1. The van der Waals surface area contributed by atoms with Crippen molar-refractivity contribution in [3.05, 3.63) is 24.2 Å². The van der Waals surface area contributed by atoms with Gasteiger partial charge in [-0.25, -0.2) is 4.79 Å². The van der Waals surface area contributed by atoms with Gasteiger partial charge in [0, 0.05) is 25.2 Å². The lowest BCUT2D eigenvalue weighted by Gasteiger charge is -2.36. The highest BCUT2D eigenvalue weighted by Crippen LogP contribution is 2.26. The van der Waals surface area contributed by atoms with Gasteiger partial charge in [-0.05, 0) is 37.8 Å². The lowest BCUT2D eigenvalue weighted by molar-refractivity contribution is 0.139. The van der Waals surface area contributed by atoms with E-state index in [2.05, 4.69) is 15.5 Å². The minimum atomic E-state index is -0.806. The fourth-order valence-electron chi connectivity index (χ4n) is 3.69. The number of likely N-dealkylation sites (tertiary alicyclic amines) is 1. The predicted molar refractivity (Wildman–Crippen MR) is 87.1 cm³/mol. The molecule has 0 spiro atoms. The molecule has 23 heavy (non-hydrogen) atoms. The van der Waals surface area contributed by atoms with Crippen LogP contribution in [0.25, 0.3) is 0 Å². The van der Waals surface area contributed by atoms with Gasteiger partial charge in [0.2, 0.25) is 0 Å². The lowest BCUT2D eigenvalue weighted by Crippen LogP contribution is -2.50.